The van der Waals surface area contributed by atoms with Crippen LogP contribution in [0, 0.1) is 0 Å². The van der Waals surface area contributed by atoms with Crippen LogP contribution in [0.4, 0.5) is 5.69 Å². The fourth-order valence-corrected chi connectivity index (χ4v) is 3.89. The summed E-state index contributed by atoms with van der Waals surface area (Å²) in [6, 6.07) is 19.3. The molecule has 3 aromatic rings. The van der Waals surface area contributed by atoms with Gasteiger partial charge in [-0.15, -0.1) is 0 Å². The molecule has 2 atom stereocenters. The molecule has 0 bridgehead atoms. The molecule has 31 heavy (non-hydrogen) atoms. The number of aliphatic hydroxyl groups excluding tert-OH is 1. The quantitative estimate of drug-likeness (QED) is 0.579. The van der Waals surface area contributed by atoms with Crippen molar-refractivity contribution in [2.45, 2.75) is 24.5 Å². The van der Waals surface area contributed by atoms with Gasteiger partial charge in [0.15, 0.2) is 0 Å². The van der Waals surface area contributed by atoms with Gasteiger partial charge in [0.25, 0.3) is 5.91 Å². The van der Waals surface area contributed by atoms with Crippen molar-refractivity contribution in [3.63, 3.8) is 0 Å². The highest BCUT2D eigenvalue weighted by molar-refractivity contribution is 7.88. The predicted molar refractivity (Wildman–Crippen MR) is 117 cm³/mol. The average Bonchev–Trinajstić information content (AvgIpc) is 2.78. The first kappa shape index (κ1) is 22.5. The molecular weight excluding hydrogens is 416 g/mol. The lowest BCUT2D eigenvalue weighted by atomic mass is 10.1. The van der Waals surface area contributed by atoms with E-state index in [4.69, 9.17) is 4.74 Å². The van der Waals surface area contributed by atoms with Crippen LogP contribution in [0.5, 0.6) is 5.75 Å². The molecule has 0 aromatic heterocycles. The lowest BCUT2D eigenvalue weighted by Gasteiger charge is -2.15. The summed E-state index contributed by atoms with van der Waals surface area (Å²) in [5, 5.41) is 12.4. The number of hydrogen-bond donors (Lipinski definition) is 2. The van der Waals surface area contributed by atoms with Crippen LogP contribution in [0.1, 0.15) is 34.5 Å². The number of aliphatic hydroxyl groups is 1. The minimum absolute atomic E-state index is 0.0236. The second-order valence-corrected chi connectivity index (χ2v) is 8.46. The molecule has 8 heteroatoms. The number of para-hydroxylation sites is 1. The number of benzene rings is 3. The highest BCUT2D eigenvalue weighted by atomic mass is 32.2. The smallest absolute Gasteiger partial charge is 0.251 e. The van der Waals surface area contributed by atoms with Crippen molar-refractivity contribution in [1.29, 1.82) is 0 Å². The van der Waals surface area contributed by atoms with Gasteiger partial charge in [-0.3, -0.25) is 9.00 Å². The van der Waals surface area contributed by atoms with Crippen LogP contribution >= 0.6 is 0 Å². The Balaban J connectivity index is 1.71. The first-order valence-corrected chi connectivity index (χ1v) is 11.0. The van der Waals surface area contributed by atoms with Crippen molar-refractivity contribution in [3.05, 3.63) is 89.5 Å². The van der Waals surface area contributed by atoms with Crippen LogP contribution in [0.15, 0.2) is 82.1 Å². The van der Waals surface area contributed by atoms with Gasteiger partial charge in [0, 0.05) is 32.6 Å². The van der Waals surface area contributed by atoms with Crippen molar-refractivity contribution < 1.29 is 23.4 Å². The Morgan fingerprint density at radius 1 is 1.10 bits per heavy atom. The molecule has 0 heterocycles. The molecule has 1 amide bonds. The topological polar surface area (TPSA) is 111 Å². The largest absolute Gasteiger partial charge is 0.760 e. The highest BCUT2D eigenvalue weighted by Gasteiger charge is 2.08. The number of ether oxygens (including phenoxy) is 1. The number of carbonyl (C=O) groups is 1. The first-order valence-electron chi connectivity index (χ1n) is 9.56. The summed E-state index contributed by atoms with van der Waals surface area (Å²) in [7, 11) is -2.35. The second-order valence-electron chi connectivity index (χ2n) is 6.85. The van der Waals surface area contributed by atoms with E-state index in [1.165, 1.54) is 36.4 Å². The van der Waals surface area contributed by atoms with E-state index in [1.54, 1.807) is 26.2 Å². The minimum Gasteiger partial charge on any atom is -0.760 e. The lowest BCUT2D eigenvalue weighted by molar-refractivity contribution is 0.0950. The molecular formula is C23H23N2O5S-. The molecule has 0 fully saturated rings. The Hall–Kier alpha value is -3.20. The zero-order valence-electron chi connectivity index (χ0n) is 17.1. The first-order chi connectivity index (χ1) is 14.8. The second kappa shape index (κ2) is 9.74. The number of hydrogen-bond acceptors (Lipinski definition) is 6. The fourth-order valence-electron chi connectivity index (χ4n) is 2.91. The number of nitrogens with one attached hydrogen (secondary N) is 1. The maximum absolute atomic E-state index is 12.5. The summed E-state index contributed by atoms with van der Waals surface area (Å²) in [5.41, 5.74) is 2.05. The van der Waals surface area contributed by atoms with E-state index in [0.717, 1.165) is 5.56 Å². The zero-order chi connectivity index (χ0) is 22.4. The zero-order valence-corrected chi connectivity index (χ0v) is 18.0. The molecule has 0 radical (unpaired) electrons. The summed E-state index contributed by atoms with van der Waals surface area (Å²) in [6.45, 7) is 1.90. The van der Waals surface area contributed by atoms with Crippen molar-refractivity contribution >= 4 is 21.6 Å². The van der Waals surface area contributed by atoms with Gasteiger partial charge in [0.1, 0.15) is 5.75 Å². The maximum Gasteiger partial charge on any atom is 0.251 e. The van der Waals surface area contributed by atoms with Crippen LogP contribution in [0.25, 0.3) is 0 Å². The third kappa shape index (κ3) is 5.69. The van der Waals surface area contributed by atoms with Gasteiger partial charge in [-0.25, -0.2) is 4.36 Å². The monoisotopic (exact) mass is 439 g/mol. The van der Waals surface area contributed by atoms with E-state index in [0.29, 0.717) is 23.4 Å². The number of nitrogens with zero attached hydrogens (tertiary/aromatic N) is 1. The SMILES string of the molecule is COc1ccccc1CNC(=O)c1ccc(N=S(=O)([O-])c2ccc([C@@H](C)O)cc2)cc1. The van der Waals surface area contributed by atoms with E-state index < -0.39 is 16.1 Å². The standard InChI is InChI=1S/C23H24N2O5S/c1-16(26)17-9-13-21(14-10-17)31(28,29)25-20-11-7-18(8-12-20)23(27)24-15-19-5-3-4-6-22(19)30-2/h3-14,16,26H,15H2,1-2H3,(H,24,27)(H,25,28,29)/p-1/t16-/m1/s1. The molecule has 162 valence electrons. The Morgan fingerprint density at radius 2 is 1.74 bits per heavy atom. The van der Waals surface area contributed by atoms with Gasteiger partial charge in [0.2, 0.25) is 0 Å². The minimum atomic E-state index is -3.91. The van der Waals surface area contributed by atoms with Crippen LogP contribution in [-0.4, -0.2) is 26.9 Å². The van der Waals surface area contributed by atoms with Crippen LogP contribution in [0.3, 0.4) is 0 Å². The highest BCUT2D eigenvalue weighted by Crippen LogP contribution is 2.22. The molecule has 1 unspecified atom stereocenters. The molecule has 3 rings (SSSR count). The number of rotatable bonds is 7. The Labute approximate surface area is 181 Å². The summed E-state index contributed by atoms with van der Waals surface area (Å²) in [6.07, 6.45) is -0.685. The lowest BCUT2D eigenvalue weighted by Crippen LogP contribution is -2.22. The molecule has 0 aliphatic rings. The third-order valence-corrected chi connectivity index (χ3v) is 5.97. The molecule has 0 aliphatic heterocycles. The van der Waals surface area contributed by atoms with E-state index >= 15 is 0 Å². The molecule has 0 aliphatic carbocycles. The normalized spacial score (nSPS) is 13.7. The summed E-state index contributed by atoms with van der Waals surface area (Å²) in [4.78, 5) is 12.4. The molecule has 7 nitrogen and oxygen atoms in total. The summed E-state index contributed by atoms with van der Waals surface area (Å²) >= 11 is 0. The van der Waals surface area contributed by atoms with E-state index in [9.17, 15) is 18.7 Å². The number of carbonyl (C=O) groups excluding carboxylic acids is 1. The van der Waals surface area contributed by atoms with Gasteiger partial charge in [-0.05, 0) is 55.0 Å². The van der Waals surface area contributed by atoms with Gasteiger partial charge >= 0.3 is 0 Å². The van der Waals surface area contributed by atoms with Gasteiger partial charge in [-0.1, -0.05) is 30.3 Å². The van der Waals surface area contributed by atoms with E-state index in [2.05, 4.69) is 9.68 Å². The maximum atomic E-state index is 12.5. The molecule has 0 saturated heterocycles. The molecule has 0 saturated carbocycles. The Bertz CT molecular complexity index is 1170. The number of amides is 1. The number of methoxy groups -OCH3 is 1. The van der Waals surface area contributed by atoms with Gasteiger partial charge in [0.05, 0.1) is 18.9 Å². The summed E-state index contributed by atoms with van der Waals surface area (Å²) in [5.74, 6) is 0.387. The third-order valence-electron chi connectivity index (χ3n) is 4.65. The van der Waals surface area contributed by atoms with E-state index in [1.807, 2.05) is 24.3 Å². The Kier molecular flexibility index (Phi) is 7.06. The van der Waals surface area contributed by atoms with E-state index in [-0.39, 0.29) is 16.5 Å². The van der Waals surface area contributed by atoms with Gasteiger partial charge in [-0.2, -0.15) is 0 Å². The van der Waals surface area contributed by atoms with Crippen LogP contribution in [-0.2, 0) is 16.6 Å². The van der Waals surface area contributed by atoms with Gasteiger partial charge < -0.3 is 19.7 Å². The van der Waals surface area contributed by atoms with Crippen LogP contribution in [0.2, 0.25) is 0 Å². The summed E-state index contributed by atoms with van der Waals surface area (Å²) < 4.78 is 34.1. The van der Waals surface area contributed by atoms with Crippen molar-refractivity contribution in [2.24, 2.45) is 4.36 Å². The van der Waals surface area contributed by atoms with Crippen molar-refractivity contribution in [1.82, 2.24) is 5.32 Å². The fraction of sp³-hybridized carbons (Fsp3) is 0.174. The predicted octanol–water partition coefficient (Wildman–Crippen LogP) is 3.97. The molecule has 2 N–H and O–H groups in total. The van der Waals surface area contributed by atoms with Crippen molar-refractivity contribution in [2.75, 3.05) is 7.11 Å². The molecule has 0 spiro atoms. The van der Waals surface area contributed by atoms with Crippen LogP contribution < -0.4 is 10.1 Å². The molecule has 3 aromatic carbocycles. The average molecular weight is 440 g/mol. The van der Waals surface area contributed by atoms with Crippen molar-refractivity contribution in [3.8, 4) is 5.75 Å². The Morgan fingerprint density at radius 3 is 2.35 bits per heavy atom.